The SMILES string of the molecule is CCCCCCCCCCCCCCCCc1cccc(CCCCCCCCCCCCCCCC)c1O[P+]([O-])([S-])[S-].[Zn+2]. The normalized spacial score (nSPS) is 11.6. The van der Waals surface area contributed by atoms with Crippen LogP contribution >= 0.6 is 6.12 Å². The van der Waals surface area contributed by atoms with Crippen LogP contribution in [0.15, 0.2) is 18.2 Å². The summed E-state index contributed by atoms with van der Waals surface area (Å²) >= 11 is 10.0. The molecule has 2 nitrogen and oxygen atoms in total. The molecule has 0 aliphatic carbocycles. The molecule has 0 radical (unpaired) electrons. The van der Waals surface area contributed by atoms with Crippen LogP contribution in [-0.4, -0.2) is 0 Å². The summed E-state index contributed by atoms with van der Waals surface area (Å²) in [7, 11) is 0. The Kier molecular flexibility index (Phi) is 32.8. The van der Waals surface area contributed by atoms with Gasteiger partial charge in [-0.05, 0) is 36.8 Å². The van der Waals surface area contributed by atoms with Crippen LogP contribution in [0, 0.1) is 0 Å². The summed E-state index contributed by atoms with van der Waals surface area (Å²) in [6, 6.07) is 6.36. The van der Waals surface area contributed by atoms with Gasteiger partial charge in [0.1, 0.15) is 0 Å². The molecule has 0 bridgehead atoms. The largest absolute Gasteiger partial charge is 2.00 e. The summed E-state index contributed by atoms with van der Waals surface area (Å²) in [5.41, 5.74) is 2.27. The average molecular weight is 718 g/mol. The fraction of sp³-hybridized carbons (Fsp3) is 0.842. The van der Waals surface area contributed by atoms with Gasteiger partial charge in [-0.2, -0.15) is 0 Å². The molecule has 0 heterocycles. The van der Waals surface area contributed by atoms with E-state index in [1.54, 1.807) is 0 Å². The van der Waals surface area contributed by atoms with Crippen molar-refractivity contribution in [1.82, 2.24) is 0 Å². The molecule has 0 amide bonds. The average Bonchev–Trinajstić information content (AvgIpc) is 2.98. The summed E-state index contributed by atoms with van der Waals surface area (Å²) in [4.78, 5) is 12.3. The standard InChI is InChI=1S/C38H71O2PS2.Zn/c1-3-5-7-9-11-13-15-17-19-21-23-25-27-29-32-36-34-31-35-37(38(36)40-41(39,42)43)33-30-28-26-24-22-20-18-16-14-12-10-8-6-4-2;/h31,34-35H,3-30,32-33H2,1-2H3,(H2,39,42,43);/q;+2/p-2. The number of para-hydroxylation sites is 1. The minimum atomic E-state index is -3.42. The summed E-state index contributed by atoms with van der Waals surface area (Å²) in [6.45, 7) is 4.57. The van der Waals surface area contributed by atoms with E-state index in [0.29, 0.717) is 0 Å². The molecule has 0 saturated carbocycles. The summed E-state index contributed by atoms with van der Waals surface area (Å²) in [5.74, 6) is 0.736. The third kappa shape index (κ3) is 27.8. The minimum absolute atomic E-state index is 0. The van der Waals surface area contributed by atoms with Gasteiger partial charge in [0.15, 0.2) is 5.75 Å². The third-order valence-electron chi connectivity index (χ3n) is 8.98. The molecule has 1 aromatic rings. The van der Waals surface area contributed by atoms with Crippen molar-refractivity contribution in [3.63, 3.8) is 0 Å². The Morgan fingerprint density at radius 2 is 0.727 bits per heavy atom. The van der Waals surface area contributed by atoms with Crippen molar-refractivity contribution in [2.24, 2.45) is 0 Å². The Balaban J connectivity index is 0.0000185. The Labute approximate surface area is 299 Å². The van der Waals surface area contributed by atoms with Crippen LogP contribution in [0.4, 0.5) is 0 Å². The van der Waals surface area contributed by atoms with E-state index >= 15 is 0 Å². The first-order valence-corrected chi connectivity index (χ1v) is 22.5. The van der Waals surface area contributed by atoms with Gasteiger partial charge in [-0.3, -0.25) is 0 Å². The van der Waals surface area contributed by atoms with E-state index in [0.717, 1.165) is 42.6 Å². The van der Waals surface area contributed by atoms with Crippen molar-refractivity contribution >= 4 is 30.6 Å². The minimum Gasteiger partial charge on any atom is -0.682 e. The first-order valence-electron chi connectivity index (χ1n) is 18.8. The molecule has 252 valence electrons. The molecule has 1 rings (SSSR count). The van der Waals surface area contributed by atoms with Crippen LogP contribution in [0.25, 0.3) is 0 Å². The first kappa shape index (κ1) is 44.7. The van der Waals surface area contributed by atoms with Crippen molar-refractivity contribution in [3.05, 3.63) is 29.3 Å². The van der Waals surface area contributed by atoms with Crippen LogP contribution in [0.3, 0.4) is 0 Å². The van der Waals surface area contributed by atoms with Crippen LogP contribution in [-0.2, 0) is 56.8 Å². The van der Waals surface area contributed by atoms with Gasteiger partial charge in [-0.15, -0.1) is 6.12 Å². The maximum atomic E-state index is 12.3. The molecule has 0 aliphatic heterocycles. The molecule has 44 heavy (non-hydrogen) atoms. The molecule has 0 aromatic heterocycles. The third-order valence-corrected chi connectivity index (χ3v) is 9.83. The molecule has 0 fully saturated rings. The fourth-order valence-electron chi connectivity index (χ4n) is 6.28. The Hall–Kier alpha value is 0.733. The topological polar surface area (TPSA) is 32.3 Å². The molecule has 0 atom stereocenters. The number of benzene rings is 1. The second-order valence-corrected chi connectivity index (χ2v) is 17.8. The van der Waals surface area contributed by atoms with E-state index in [1.165, 1.54) is 167 Å². The number of hydrogen-bond donors (Lipinski definition) is 0. The molecule has 0 spiro atoms. The van der Waals surface area contributed by atoms with Crippen LogP contribution < -0.4 is 9.42 Å². The molecule has 6 heteroatoms. The van der Waals surface area contributed by atoms with E-state index < -0.39 is 6.12 Å². The second kappa shape index (κ2) is 32.3. The van der Waals surface area contributed by atoms with Crippen molar-refractivity contribution in [1.29, 1.82) is 0 Å². The number of unbranched alkanes of at least 4 members (excludes halogenated alkanes) is 26. The van der Waals surface area contributed by atoms with Gasteiger partial charge in [0.25, 0.3) is 0 Å². The molecular formula is C38H69O2PS2Zn. The zero-order chi connectivity index (χ0) is 31.3. The Bertz CT molecular complexity index is 694. The molecular weight excluding hydrogens is 649 g/mol. The van der Waals surface area contributed by atoms with Gasteiger partial charge in [0, 0.05) is 0 Å². The number of aryl methyl sites for hydroxylation is 2. The number of rotatable bonds is 32. The summed E-state index contributed by atoms with van der Waals surface area (Å²) < 4.78 is 5.79. The maximum absolute atomic E-state index is 12.3. The van der Waals surface area contributed by atoms with Gasteiger partial charge in [0.2, 0.25) is 0 Å². The van der Waals surface area contributed by atoms with Crippen molar-refractivity contribution < 1.29 is 28.9 Å². The van der Waals surface area contributed by atoms with Crippen LogP contribution in [0.1, 0.15) is 205 Å². The molecule has 0 unspecified atom stereocenters. The maximum Gasteiger partial charge on any atom is 2.00 e. The van der Waals surface area contributed by atoms with Crippen molar-refractivity contribution in [2.45, 2.75) is 206 Å². The second-order valence-electron chi connectivity index (χ2n) is 13.1. The molecule has 0 N–H and O–H groups in total. The monoisotopic (exact) mass is 716 g/mol. The quantitative estimate of drug-likeness (QED) is 0.0321. The van der Waals surface area contributed by atoms with Gasteiger partial charge in [-0.1, -0.05) is 199 Å². The summed E-state index contributed by atoms with van der Waals surface area (Å²) in [5, 5.41) is 0. The van der Waals surface area contributed by atoms with E-state index in [-0.39, 0.29) is 19.5 Å². The molecule has 0 saturated heterocycles. The zero-order valence-electron chi connectivity index (χ0n) is 29.2. The first-order chi connectivity index (χ1) is 21.0. The van der Waals surface area contributed by atoms with Gasteiger partial charge in [0.05, 0.1) is 0 Å². The summed E-state index contributed by atoms with van der Waals surface area (Å²) in [6.07, 6.45) is 36.6. The fourth-order valence-corrected chi connectivity index (χ4v) is 7.19. The van der Waals surface area contributed by atoms with Gasteiger partial charge < -0.3 is 33.9 Å². The Morgan fingerprint density at radius 3 is 0.977 bits per heavy atom. The molecule has 1 aromatic carbocycles. The smallest absolute Gasteiger partial charge is 0.682 e. The van der Waals surface area contributed by atoms with E-state index in [1.807, 2.05) is 0 Å². The van der Waals surface area contributed by atoms with Gasteiger partial charge in [-0.25, -0.2) is 0 Å². The predicted molar refractivity (Wildman–Crippen MR) is 197 cm³/mol. The van der Waals surface area contributed by atoms with Crippen molar-refractivity contribution in [2.75, 3.05) is 0 Å². The van der Waals surface area contributed by atoms with E-state index in [9.17, 15) is 4.89 Å². The van der Waals surface area contributed by atoms with Crippen LogP contribution in [0.2, 0.25) is 0 Å². The van der Waals surface area contributed by atoms with Gasteiger partial charge >= 0.3 is 19.5 Å². The predicted octanol–water partition coefficient (Wildman–Crippen LogP) is 13.2. The number of hydrogen-bond acceptors (Lipinski definition) is 4. The van der Waals surface area contributed by atoms with Crippen LogP contribution in [0.5, 0.6) is 5.75 Å². The van der Waals surface area contributed by atoms with E-state index in [2.05, 4.69) is 32.0 Å². The zero-order valence-corrected chi connectivity index (χ0v) is 34.7. The van der Waals surface area contributed by atoms with E-state index in [4.69, 9.17) is 29.0 Å². The Morgan fingerprint density at radius 1 is 0.477 bits per heavy atom. The molecule has 0 aliphatic rings. The van der Waals surface area contributed by atoms with Crippen molar-refractivity contribution in [3.8, 4) is 5.75 Å².